The molecule has 0 radical (unpaired) electrons. The predicted octanol–water partition coefficient (Wildman–Crippen LogP) is 1.36. The third-order valence-electron chi connectivity index (χ3n) is 2.12. The van der Waals surface area contributed by atoms with Crippen molar-refractivity contribution in [2.45, 2.75) is 13.8 Å². The standard InChI is InChI=1S/C11H18N4O/c1-8(16-12-3)6-10-9(2)11(15(4)5)14-7-13-10/h6-7,12H,1-5H3/b8-6+. The summed E-state index contributed by atoms with van der Waals surface area (Å²) in [6, 6.07) is 0. The Hall–Kier alpha value is -1.62. The molecular weight excluding hydrogens is 204 g/mol. The van der Waals surface area contributed by atoms with Gasteiger partial charge < -0.3 is 9.74 Å². The van der Waals surface area contributed by atoms with E-state index in [1.165, 1.54) is 0 Å². The Morgan fingerprint density at radius 2 is 2.12 bits per heavy atom. The van der Waals surface area contributed by atoms with Gasteiger partial charge in [-0.25, -0.2) is 9.97 Å². The number of nitrogens with one attached hydrogen (secondary N) is 1. The van der Waals surface area contributed by atoms with Gasteiger partial charge in [-0.05, 0) is 13.8 Å². The fourth-order valence-corrected chi connectivity index (χ4v) is 1.43. The highest BCUT2D eigenvalue weighted by Crippen LogP contribution is 2.18. The lowest BCUT2D eigenvalue weighted by Crippen LogP contribution is -2.13. The molecule has 0 spiro atoms. The summed E-state index contributed by atoms with van der Waals surface area (Å²) in [5, 5.41) is 0. The van der Waals surface area contributed by atoms with Crippen molar-refractivity contribution < 1.29 is 4.84 Å². The first-order chi connectivity index (χ1) is 7.56. The molecule has 1 aromatic rings. The van der Waals surface area contributed by atoms with E-state index in [2.05, 4.69) is 15.4 Å². The van der Waals surface area contributed by atoms with Crippen molar-refractivity contribution in [3.63, 3.8) is 0 Å². The van der Waals surface area contributed by atoms with Crippen LogP contribution in [0.2, 0.25) is 0 Å². The van der Waals surface area contributed by atoms with Crippen LogP contribution in [-0.4, -0.2) is 31.1 Å². The number of hydrogen-bond donors (Lipinski definition) is 1. The zero-order valence-electron chi connectivity index (χ0n) is 10.4. The summed E-state index contributed by atoms with van der Waals surface area (Å²) < 4.78 is 0. The lowest BCUT2D eigenvalue weighted by Gasteiger charge is -2.14. The number of hydrogen-bond acceptors (Lipinski definition) is 5. The highest BCUT2D eigenvalue weighted by Gasteiger charge is 2.07. The number of nitrogens with zero attached hydrogens (tertiary/aromatic N) is 3. The van der Waals surface area contributed by atoms with Crippen LogP contribution in [0.1, 0.15) is 18.2 Å². The summed E-state index contributed by atoms with van der Waals surface area (Å²) in [6.45, 7) is 3.86. The second kappa shape index (κ2) is 5.46. The number of aromatic nitrogens is 2. The Kier molecular flexibility index (Phi) is 4.25. The van der Waals surface area contributed by atoms with Crippen LogP contribution in [0.4, 0.5) is 5.82 Å². The summed E-state index contributed by atoms with van der Waals surface area (Å²) in [7, 11) is 5.63. The van der Waals surface area contributed by atoms with E-state index in [-0.39, 0.29) is 0 Å². The molecule has 0 atom stereocenters. The Balaban J connectivity index is 3.06. The first-order valence-electron chi connectivity index (χ1n) is 5.07. The number of allylic oxidation sites excluding steroid dienone is 1. The summed E-state index contributed by atoms with van der Waals surface area (Å²) >= 11 is 0. The van der Waals surface area contributed by atoms with Gasteiger partial charge in [0.25, 0.3) is 0 Å². The van der Waals surface area contributed by atoms with Gasteiger partial charge in [-0.3, -0.25) is 0 Å². The van der Waals surface area contributed by atoms with E-state index in [4.69, 9.17) is 4.84 Å². The Morgan fingerprint density at radius 3 is 2.69 bits per heavy atom. The van der Waals surface area contributed by atoms with Crippen LogP contribution >= 0.6 is 0 Å². The third kappa shape index (κ3) is 2.93. The van der Waals surface area contributed by atoms with Gasteiger partial charge in [0.2, 0.25) is 0 Å². The molecule has 5 heteroatoms. The minimum Gasteiger partial charge on any atom is -0.414 e. The molecule has 0 bridgehead atoms. The smallest absolute Gasteiger partial charge is 0.134 e. The SMILES string of the molecule is CNO/C(C)=C/c1ncnc(N(C)C)c1C. The van der Waals surface area contributed by atoms with Crippen molar-refractivity contribution in [3.05, 3.63) is 23.3 Å². The van der Waals surface area contributed by atoms with Crippen LogP contribution in [0.3, 0.4) is 0 Å². The molecule has 1 aromatic heterocycles. The zero-order valence-corrected chi connectivity index (χ0v) is 10.4. The van der Waals surface area contributed by atoms with E-state index >= 15 is 0 Å². The fraction of sp³-hybridized carbons (Fsp3) is 0.455. The van der Waals surface area contributed by atoms with Crippen molar-refractivity contribution in [1.29, 1.82) is 0 Å². The van der Waals surface area contributed by atoms with E-state index in [9.17, 15) is 0 Å². The van der Waals surface area contributed by atoms with Gasteiger partial charge in [0.15, 0.2) is 0 Å². The maximum atomic E-state index is 5.14. The van der Waals surface area contributed by atoms with Crippen molar-refractivity contribution in [1.82, 2.24) is 15.4 Å². The molecule has 88 valence electrons. The largest absolute Gasteiger partial charge is 0.414 e. The topological polar surface area (TPSA) is 50.3 Å². The van der Waals surface area contributed by atoms with Gasteiger partial charge in [-0.2, -0.15) is 5.48 Å². The van der Waals surface area contributed by atoms with Crippen LogP contribution in [-0.2, 0) is 4.84 Å². The quantitative estimate of drug-likeness (QED) is 0.616. The first kappa shape index (κ1) is 12.4. The second-order valence-corrected chi connectivity index (χ2v) is 3.66. The maximum Gasteiger partial charge on any atom is 0.134 e. The zero-order chi connectivity index (χ0) is 12.1. The summed E-state index contributed by atoms with van der Waals surface area (Å²) in [4.78, 5) is 15.5. The highest BCUT2D eigenvalue weighted by atomic mass is 16.6. The van der Waals surface area contributed by atoms with Gasteiger partial charge >= 0.3 is 0 Å². The van der Waals surface area contributed by atoms with Crippen molar-refractivity contribution >= 4 is 11.9 Å². The third-order valence-corrected chi connectivity index (χ3v) is 2.12. The normalized spacial score (nSPS) is 11.4. The molecule has 0 aromatic carbocycles. The molecule has 1 rings (SSSR count). The molecule has 16 heavy (non-hydrogen) atoms. The average Bonchev–Trinajstić information content (AvgIpc) is 2.21. The summed E-state index contributed by atoms with van der Waals surface area (Å²) in [5.41, 5.74) is 4.52. The van der Waals surface area contributed by atoms with E-state index in [1.807, 2.05) is 38.9 Å². The van der Waals surface area contributed by atoms with Crippen molar-refractivity contribution in [3.8, 4) is 0 Å². The van der Waals surface area contributed by atoms with Crippen molar-refractivity contribution in [2.75, 3.05) is 26.0 Å². The maximum absolute atomic E-state index is 5.14. The van der Waals surface area contributed by atoms with Crippen LogP contribution in [0.5, 0.6) is 0 Å². The molecule has 0 aliphatic carbocycles. The number of rotatable bonds is 4. The predicted molar refractivity (Wildman–Crippen MR) is 64.9 cm³/mol. The lowest BCUT2D eigenvalue weighted by molar-refractivity contribution is 0.131. The number of anilines is 1. The monoisotopic (exact) mass is 222 g/mol. The first-order valence-corrected chi connectivity index (χ1v) is 5.07. The van der Waals surface area contributed by atoms with E-state index < -0.39 is 0 Å². The van der Waals surface area contributed by atoms with Crippen LogP contribution in [0, 0.1) is 6.92 Å². The van der Waals surface area contributed by atoms with Gasteiger partial charge in [-0.15, -0.1) is 0 Å². The Morgan fingerprint density at radius 1 is 1.44 bits per heavy atom. The lowest BCUT2D eigenvalue weighted by atomic mass is 10.2. The molecule has 0 fully saturated rings. The van der Waals surface area contributed by atoms with Crippen LogP contribution < -0.4 is 10.4 Å². The van der Waals surface area contributed by atoms with Crippen LogP contribution in [0.15, 0.2) is 12.1 Å². The molecule has 0 aliphatic rings. The van der Waals surface area contributed by atoms with Crippen molar-refractivity contribution in [2.24, 2.45) is 0 Å². The van der Waals surface area contributed by atoms with E-state index in [0.29, 0.717) is 0 Å². The highest BCUT2D eigenvalue weighted by molar-refractivity contribution is 5.58. The second-order valence-electron chi connectivity index (χ2n) is 3.66. The Bertz CT molecular complexity index is 388. The molecule has 0 aliphatic heterocycles. The average molecular weight is 222 g/mol. The Labute approximate surface area is 96.1 Å². The van der Waals surface area contributed by atoms with Crippen LogP contribution in [0.25, 0.3) is 6.08 Å². The summed E-state index contributed by atoms with van der Waals surface area (Å²) in [6.07, 6.45) is 3.43. The fourth-order valence-electron chi connectivity index (χ4n) is 1.43. The van der Waals surface area contributed by atoms with Gasteiger partial charge in [-0.1, -0.05) is 0 Å². The van der Waals surface area contributed by atoms with Gasteiger partial charge in [0.1, 0.15) is 17.9 Å². The molecule has 1 heterocycles. The molecule has 0 amide bonds. The van der Waals surface area contributed by atoms with E-state index in [1.54, 1.807) is 13.4 Å². The number of hydroxylamine groups is 1. The van der Waals surface area contributed by atoms with E-state index in [0.717, 1.165) is 22.8 Å². The minimum atomic E-state index is 0.758. The molecule has 0 saturated heterocycles. The molecule has 0 saturated carbocycles. The molecule has 5 nitrogen and oxygen atoms in total. The minimum absolute atomic E-state index is 0.758. The van der Waals surface area contributed by atoms with Gasteiger partial charge in [0.05, 0.1) is 5.69 Å². The summed E-state index contributed by atoms with van der Waals surface area (Å²) in [5.74, 6) is 1.67. The molecular formula is C11H18N4O. The molecule has 0 unspecified atom stereocenters. The molecule has 1 N–H and O–H groups in total. The van der Waals surface area contributed by atoms with Gasteiger partial charge in [0, 0.05) is 32.8 Å².